The first-order valence-corrected chi connectivity index (χ1v) is 6.44. The second-order valence-electron chi connectivity index (χ2n) is 3.71. The Morgan fingerprint density at radius 3 is 2.37 bits per heavy atom. The SMILES string of the molecule is CSc1ccc(C(N)c2noc(C(F)(F)F)n2)cc1. The number of thioether (sulfide) groups is 1. The molecule has 0 saturated carbocycles. The summed E-state index contributed by atoms with van der Waals surface area (Å²) >= 11 is 1.55. The van der Waals surface area contributed by atoms with Gasteiger partial charge in [0.2, 0.25) is 0 Å². The minimum absolute atomic E-state index is 0.191. The van der Waals surface area contributed by atoms with Gasteiger partial charge in [0, 0.05) is 4.90 Å². The number of halogens is 3. The van der Waals surface area contributed by atoms with Crippen molar-refractivity contribution in [1.82, 2.24) is 10.1 Å². The highest BCUT2D eigenvalue weighted by Crippen LogP contribution is 2.29. The average Bonchev–Trinajstić information content (AvgIpc) is 2.87. The molecule has 102 valence electrons. The lowest BCUT2D eigenvalue weighted by molar-refractivity contribution is -0.159. The molecular weight excluding hydrogens is 279 g/mol. The Labute approximate surface area is 111 Å². The Bertz CT molecular complexity index is 553. The van der Waals surface area contributed by atoms with Crippen LogP contribution in [0.25, 0.3) is 0 Å². The fourth-order valence-electron chi connectivity index (χ4n) is 1.44. The van der Waals surface area contributed by atoms with Crippen LogP contribution < -0.4 is 5.73 Å². The second-order valence-corrected chi connectivity index (χ2v) is 4.59. The molecule has 2 N–H and O–H groups in total. The maximum Gasteiger partial charge on any atom is 0.471 e. The van der Waals surface area contributed by atoms with Gasteiger partial charge in [-0.25, -0.2) is 0 Å². The maximum atomic E-state index is 12.3. The zero-order valence-corrected chi connectivity index (χ0v) is 10.6. The number of rotatable bonds is 3. The van der Waals surface area contributed by atoms with Gasteiger partial charge < -0.3 is 10.3 Å². The molecule has 0 radical (unpaired) electrons. The Morgan fingerprint density at radius 1 is 1.26 bits per heavy atom. The van der Waals surface area contributed by atoms with Crippen LogP contribution in [0.2, 0.25) is 0 Å². The summed E-state index contributed by atoms with van der Waals surface area (Å²) in [6.45, 7) is 0. The van der Waals surface area contributed by atoms with Crippen LogP contribution in [0, 0.1) is 0 Å². The first-order chi connectivity index (χ1) is 8.91. The van der Waals surface area contributed by atoms with Crippen molar-refractivity contribution in [1.29, 1.82) is 0 Å². The molecule has 1 aromatic heterocycles. The highest BCUT2D eigenvalue weighted by atomic mass is 32.2. The fraction of sp³-hybridized carbons (Fsp3) is 0.273. The molecule has 0 aliphatic heterocycles. The lowest BCUT2D eigenvalue weighted by Gasteiger charge is -2.07. The van der Waals surface area contributed by atoms with E-state index in [1.165, 1.54) is 0 Å². The normalized spacial score (nSPS) is 13.5. The molecule has 0 fully saturated rings. The van der Waals surface area contributed by atoms with Crippen molar-refractivity contribution in [2.24, 2.45) is 5.73 Å². The highest BCUT2D eigenvalue weighted by Gasteiger charge is 2.39. The Hall–Kier alpha value is -1.54. The number of nitrogens with two attached hydrogens (primary N) is 1. The lowest BCUT2D eigenvalue weighted by atomic mass is 10.1. The summed E-state index contributed by atoms with van der Waals surface area (Å²) in [6, 6.07) is 6.24. The molecule has 0 aliphatic carbocycles. The van der Waals surface area contributed by atoms with Crippen molar-refractivity contribution < 1.29 is 17.7 Å². The molecule has 19 heavy (non-hydrogen) atoms. The van der Waals surface area contributed by atoms with E-state index in [9.17, 15) is 13.2 Å². The van der Waals surface area contributed by atoms with Crippen molar-refractivity contribution in [3.8, 4) is 0 Å². The molecule has 1 unspecified atom stereocenters. The molecule has 1 aromatic carbocycles. The van der Waals surface area contributed by atoms with Gasteiger partial charge in [-0.15, -0.1) is 11.8 Å². The molecule has 0 saturated heterocycles. The Balaban J connectivity index is 2.23. The predicted octanol–water partition coefficient (Wildman–Crippen LogP) is 2.86. The smallest absolute Gasteiger partial charge is 0.329 e. The van der Waals surface area contributed by atoms with E-state index < -0.39 is 18.1 Å². The Kier molecular flexibility index (Phi) is 3.81. The van der Waals surface area contributed by atoms with Gasteiger partial charge in [0.15, 0.2) is 5.82 Å². The Morgan fingerprint density at radius 2 is 1.89 bits per heavy atom. The monoisotopic (exact) mass is 289 g/mol. The van der Waals surface area contributed by atoms with Crippen LogP contribution in [0.1, 0.15) is 23.3 Å². The van der Waals surface area contributed by atoms with Gasteiger partial charge in [0.25, 0.3) is 0 Å². The van der Waals surface area contributed by atoms with Gasteiger partial charge in [-0.3, -0.25) is 0 Å². The van der Waals surface area contributed by atoms with Crippen LogP contribution in [0.5, 0.6) is 0 Å². The van der Waals surface area contributed by atoms with Gasteiger partial charge in [0.05, 0.1) is 6.04 Å². The predicted molar refractivity (Wildman–Crippen MR) is 63.6 cm³/mol. The standard InChI is InChI=1S/C11H10F3N3OS/c1-19-7-4-2-6(3-5-7)8(15)9-16-10(18-17-9)11(12,13)14/h2-5,8H,15H2,1H3. The topological polar surface area (TPSA) is 64.9 Å². The molecular formula is C11H10F3N3OS. The lowest BCUT2D eigenvalue weighted by Crippen LogP contribution is -2.14. The van der Waals surface area contributed by atoms with Gasteiger partial charge >= 0.3 is 12.1 Å². The van der Waals surface area contributed by atoms with E-state index in [0.717, 1.165) is 4.90 Å². The summed E-state index contributed by atoms with van der Waals surface area (Å²) in [5, 5.41) is 3.27. The molecule has 4 nitrogen and oxygen atoms in total. The van der Waals surface area contributed by atoms with E-state index in [-0.39, 0.29) is 5.82 Å². The second kappa shape index (κ2) is 5.22. The van der Waals surface area contributed by atoms with E-state index in [0.29, 0.717) is 5.56 Å². The van der Waals surface area contributed by atoms with E-state index in [1.54, 1.807) is 23.9 Å². The van der Waals surface area contributed by atoms with Crippen molar-refractivity contribution in [3.63, 3.8) is 0 Å². The number of alkyl halides is 3. The van der Waals surface area contributed by atoms with Crippen LogP contribution in [0.15, 0.2) is 33.7 Å². The first-order valence-electron chi connectivity index (χ1n) is 5.22. The zero-order valence-electron chi connectivity index (χ0n) is 9.81. The third-order valence-electron chi connectivity index (χ3n) is 2.44. The summed E-state index contributed by atoms with van der Waals surface area (Å²) < 4.78 is 41.1. The number of aromatic nitrogens is 2. The number of benzene rings is 1. The van der Waals surface area contributed by atoms with E-state index >= 15 is 0 Å². The summed E-state index contributed by atoms with van der Waals surface area (Å²) in [6.07, 6.45) is -2.74. The largest absolute Gasteiger partial charge is 0.471 e. The zero-order chi connectivity index (χ0) is 14.0. The molecule has 0 aliphatic rings. The molecule has 0 bridgehead atoms. The molecule has 1 heterocycles. The average molecular weight is 289 g/mol. The van der Waals surface area contributed by atoms with Gasteiger partial charge in [-0.1, -0.05) is 17.3 Å². The minimum atomic E-state index is -4.66. The molecule has 2 rings (SSSR count). The molecule has 0 amide bonds. The number of hydrogen-bond acceptors (Lipinski definition) is 5. The van der Waals surface area contributed by atoms with Crippen molar-refractivity contribution >= 4 is 11.8 Å². The molecule has 2 aromatic rings. The number of hydrogen-bond donors (Lipinski definition) is 1. The van der Waals surface area contributed by atoms with Crippen LogP contribution in [0.3, 0.4) is 0 Å². The van der Waals surface area contributed by atoms with Crippen LogP contribution >= 0.6 is 11.8 Å². The van der Waals surface area contributed by atoms with Crippen molar-refractivity contribution in [2.45, 2.75) is 17.1 Å². The van der Waals surface area contributed by atoms with Crippen LogP contribution in [-0.2, 0) is 6.18 Å². The van der Waals surface area contributed by atoms with Crippen LogP contribution in [0.4, 0.5) is 13.2 Å². The molecule has 1 atom stereocenters. The highest BCUT2D eigenvalue weighted by molar-refractivity contribution is 7.98. The van der Waals surface area contributed by atoms with E-state index in [4.69, 9.17) is 5.73 Å². The fourth-order valence-corrected chi connectivity index (χ4v) is 1.84. The van der Waals surface area contributed by atoms with E-state index in [2.05, 4.69) is 14.7 Å². The summed E-state index contributed by atoms with van der Waals surface area (Å²) in [4.78, 5) is 4.30. The summed E-state index contributed by atoms with van der Waals surface area (Å²) in [5.74, 6) is -1.58. The van der Waals surface area contributed by atoms with E-state index in [1.807, 2.05) is 18.4 Å². The first kappa shape index (κ1) is 13.9. The maximum absolute atomic E-state index is 12.3. The van der Waals surface area contributed by atoms with Crippen LogP contribution in [-0.4, -0.2) is 16.4 Å². The van der Waals surface area contributed by atoms with Crippen molar-refractivity contribution in [2.75, 3.05) is 6.26 Å². The van der Waals surface area contributed by atoms with Gasteiger partial charge in [0.1, 0.15) is 0 Å². The third-order valence-corrected chi connectivity index (χ3v) is 3.18. The number of nitrogens with zero attached hydrogens (tertiary/aromatic N) is 2. The van der Waals surface area contributed by atoms with Crippen molar-refractivity contribution in [3.05, 3.63) is 41.5 Å². The quantitative estimate of drug-likeness (QED) is 0.880. The van der Waals surface area contributed by atoms with Gasteiger partial charge in [-0.05, 0) is 24.0 Å². The molecule has 0 spiro atoms. The summed E-state index contributed by atoms with van der Waals surface area (Å²) in [5.41, 5.74) is 6.42. The third kappa shape index (κ3) is 3.07. The van der Waals surface area contributed by atoms with Gasteiger partial charge in [-0.2, -0.15) is 18.2 Å². The summed E-state index contributed by atoms with van der Waals surface area (Å²) in [7, 11) is 0. The molecule has 8 heteroatoms. The minimum Gasteiger partial charge on any atom is -0.329 e.